The van der Waals surface area contributed by atoms with Crippen LogP contribution in [0, 0.1) is 10.7 Å². The van der Waals surface area contributed by atoms with Gasteiger partial charge in [-0.2, -0.15) is 10.4 Å². The Bertz CT molecular complexity index is 573. The molecule has 0 spiro atoms. The lowest BCUT2D eigenvalue weighted by Gasteiger charge is -2.04. The Labute approximate surface area is 108 Å². The van der Waals surface area contributed by atoms with Crippen LogP contribution in [0.25, 0.3) is 0 Å². The summed E-state index contributed by atoms with van der Waals surface area (Å²) in [5, 5.41) is 15.4. The Morgan fingerprint density at radius 1 is 1.53 bits per heavy atom. The van der Waals surface area contributed by atoms with Crippen LogP contribution < -0.4 is 5.73 Å². The van der Waals surface area contributed by atoms with E-state index in [1.807, 2.05) is 29.7 Å². The molecule has 0 saturated carbocycles. The van der Waals surface area contributed by atoms with Crippen LogP contribution in [-0.2, 0) is 6.54 Å². The van der Waals surface area contributed by atoms with Crippen LogP contribution in [0.1, 0.15) is 5.56 Å². The van der Waals surface area contributed by atoms with Crippen LogP contribution in [0.3, 0.4) is 0 Å². The van der Waals surface area contributed by atoms with Crippen molar-refractivity contribution in [1.29, 1.82) is 5.26 Å². The van der Waals surface area contributed by atoms with Crippen LogP contribution in [0.5, 0.6) is 0 Å². The van der Waals surface area contributed by atoms with Gasteiger partial charge in [0.2, 0.25) is 0 Å². The molecular weight excluding hydrogens is 256 g/mol. The number of benzene rings is 1. The van der Waals surface area contributed by atoms with E-state index in [0.29, 0.717) is 22.3 Å². The first kappa shape index (κ1) is 11.8. The second kappa shape index (κ2) is 5.13. The molecule has 1 heterocycles. The fourth-order valence-corrected chi connectivity index (χ4v) is 2.06. The molecule has 86 valence electrons. The molecule has 1 aromatic carbocycles. The highest BCUT2D eigenvalue weighted by Gasteiger charge is 2.08. The van der Waals surface area contributed by atoms with Gasteiger partial charge < -0.3 is 5.73 Å². The predicted molar refractivity (Wildman–Crippen MR) is 68.7 cm³/mol. The topological polar surface area (TPSA) is 67.6 Å². The van der Waals surface area contributed by atoms with Crippen molar-refractivity contribution >= 4 is 29.2 Å². The van der Waals surface area contributed by atoms with Crippen LogP contribution in [0.15, 0.2) is 35.4 Å². The summed E-state index contributed by atoms with van der Waals surface area (Å²) in [6.07, 6.45) is 1.59. The average molecular weight is 265 g/mol. The summed E-state index contributed by atoms with van der Waals surface area (Å²) in [5.74, 6) is 0.497. The van der Waals surface area contributed by atoms with Gasteiger partial charge in [-0.3, -0.25) is 0 Å². The van der Waals surface area contributed by atoms with Gasteiger partial charge in [-0.1, -0.05) is 23.7 Å². The Kier molecular flexibility index (Phi) is 3.57. The summed E-state index contributed by atoms with van der Waals surface area (Å²) in [5.41, 5.74) is 6.89. The molecule has 0 fully saturated rings. The number of hydrogen-bond acceptors (Lipinski definition) is 4. The minimum atomic E-state index is 0.497. The van der Waals surface area contributed by atoms with Gasteiger partial charge in [-0.05, 0) is 29.5 Å². The molecular formula is C11H9ClN4S. The summed E-state index contributed by atoms with van der Waals surface area (Å²) in [6, 6.07) is 7.50. The maximum absolute atomic E-state index is 8.58. The van der Waals surface area contributed by atoms with E-state index < -0.39 is 0 Å². The van der Waals surface area contributed by atoms with E-state index in [2.05, 4.69) is 5.10 Å². The summed E-state index contributed by atoms with van der Waals surface area (Å²) < 4.78 is 1.64. The first-order valence-corrected chi connectivity index (χ1v) is 6.02. The fraction of sp³-hybridized carbons (Fsp3) is 0.0909. The molecule has 6 heteroatoms. The van der Waals surface area contributed by atoms with Crippen molar-refractivity contribution in [2.45, 2.75) is 11.4 Å². The molecule has 2 rings (SSSR count). The number of halogens is 1. The van der Waals surface area contributed by atoms with E-state index in [0.717, 1.165) is 17.3 Å². The molecule has 0 unspecified atom stereocenters. The first-order valence-electron chi connectivity index (χ1n) is 4.82. The lowest BCUT2D eigenvalue weighted by atomic mass is 10.2. The van der Waals surface area contributed by atoms with E-state index >= 15 is 0 Å². The highest BCUT2D eigenvalue weighted by atomic mass is 35.5. The molecule has 0 atom stereocenters. The van der Waals surface area contributed by atoms with Crippen molar-refractivity contribution in [2.24, 2.45) is 0 Å². The minimum Gasteiger partial charge on any atom is -0.383 e. The number of hydrogen-bond donors (Lipinski definition) is 1. The zero-order valence-corrected chi connectivity index (χ0v) is 10.4. The summed E-state index contributed by atoms with van der Waals surface area (Å²) >= 11 is 6.91. The summed E-state index contributed by atoms with van der Waals surface area (Å²) in [7, 11) is 0. The molecule has 0 aliphatic heterocycles. The van der Waals surface area contributed by atoms with E-state index in [9.17, 15) is 0 Å². The van der Waals surface area contributed by atoms with Gasteiger partial charge in [0.1, 0.15) is 11.2 Å². The maximum Gasteiger partial charge on any atom is 0.138 e. The second-order valence-electron chi connectivity index (χ2n) is 3.37. The van der Waals surface area contributed by atoms with Crippen molar-refractivity contribution in [3.8, 4) is 5.40 Å². The molecule has 0 saturated heterocycles. The Morgan fingerprint density at radius 3 is 3.06 bits per heavy atom. The minimum absolute atomic E-state index is 0.497. The highest BCUT2D eigenvalue weighted by Crippen LogP contribution is 2.24. The van der Waals surface area contributed by atoms with Gasteiger partial charge in [0.25, 0.3) is 0 Å². The van der Waals surface area contributed by atoms with Gasteiger partial charge in [0, 0.05) is 5.02 Å². The van der Waals surface area contributed by atoms with Crippen molar-refractivity contribution < 1.29 is 0 Å². The number of thioether (sulfide) groups is 1. The molecule has 4 nitrogen and oxygen atoms in total. The molecule has 0 aliphatic carbocycles. The molecule has 0 aliphatic rings. The predicted octanol–water partition coefficient (Wildman–Crippen LogP) is 2.74. The third kappa shape index (κ3) is 2.73. The summed E-state index contributed by atoms with van der Waals surface area (Å²) in [4.78, 5) is 0.675. The van der Waals surface area contributed by atoms with Crippen LogP contribution >= 0.6 is 23.4 Å². The number of aromatic nitrogens is 2. The van der Waals surface area contributed by atoms with Crippen LogP contribution in [0.2, 0.25) is 5.02 Å². The van der Waals surface area contributed by atoms with Gasteiger partial charge in [0.05, 0.1) is 17.6 Å². The molecule has 2 N–H and O–H groups in total. The van der Waals surface area contributed by atoms with E-state index in [-0.39, 0.29) is 0 Å². The van der Waals surface area contributed by atoms with Gasteiger partial charge in [-0.25, -0.2) is 4.68 Å². The van der Waals surface area contributed by atoms with Gasteiger partial charge in [-0.15, -0.1) is 0 Å². The Hall–Kier alpha value is -1.64. The van der Waals surface area contributed by atoms with E-state index in [1.165, 1.54) is 0 Å². The molecule has 0 amide bonds. The number of rotatable bonds is 3. The maximum atomic E-state index is 8.58. The quantitative estimate of drug-likeness (QED) is 0.684. The molecule has 2 aromatic rings. The lowest BCUT2D eigenvalue weighted by molar-refractivity contribution is 0.696. The van der Waals surface area contributed by atoms with Gasteiger partial charge in [0.15, 0.2) is 0 Å². The van der Waals surface area contributed by atoms with E-state index in [4.69, 9.17) is 22.6 Å². The Balaban J connectivity index is 2.22. The van der Waals surface area contributed by atoms with Gasteiger partial charge >= 0.3 is 0 Å². The lowest BCUT2D eigenvalue weighted by Crippen LogP contribution is -2.05. The third-order valence-electron chi connectivity index (χ3n) is 2.22. The molecule has 17 heavy (non-hydrogen) atoms. The number of nitrogen functional groups attached to an aromatic ring is 1. The van der Waals surface area contributed by atoms with Crippen LogP contribution in [-0.4, -0.2) is 9.78 Å². The SMILES string of the molecule is N#CSc1cnn(Cc2cccc(Cl)c2)c1N. The number of thiocyanates is 1. The number of anilines is 1. The fourth-order valence-electron chi connectivity index (χ4n) is 1.44. The number of nitrogens with zero attached hydrogens (tertiary/aromatic N) is 3. The normalized spacial score (nSPS) is 10.1. The first-order chi connectivity index (χ1) is 8.20. The average Bonchev–Trinajstić information content (AvgIpc) is 2.62. The monoisotopic (exact) mass is 264 g/mol. The van der Waals surface area contributed by atoms with Crippen molar-refractivity contribution in [1.82, 2.24) is 9.78 Å². The van der Waals surface area contributed by atoms with Crippen molar-refractivity contribution in [3.05, 3.63) is 41.0 Å². The third-order valence-corrected chi connectivity index (χ3v) is 3.08. The van der Waals surface area contributed by atoms with Crippen molar-refractivity contribution in [2.75, 3.05) is 5.73 Å². The molecule has 0 radical (unpaired) electrons. The highest BCUT2D eigenvalue weighted by molar-refractivity contribution is 8.03. The molecule has 0 bridgehead atoms. The standard InChI is InChI=1S/C11H9ClN4S/c12-9-3-1-2-8(4-9)6-16-11(14)10(5-15-16)17-7-13/h1-5H,6,14H2. The molecule has 1 aromatic heterocycles. The zero-order valence-electron chi connectivity index (χ0n) is 8.80. The zero-order chi connectivity index (χ0) is 12.3. The smallest absolute Gasteiger partial charge is 0.138 e. The Morgan fingerprint density at radius 2 is 2.35 bits per heavy atom. The number of nitrogens with two attached hydrogens (primary N) is 1. The van der Waals surface area contributed by atoms with Crippen LogP contribution in [0.4, 0.5) is 5.82 Å². The van der Waals surface area contributed by atoms with E-state index in [1.54, 1.807) is 10.9 Å². The second-order valence-corrected chi connectivity index (χ2v) is 4.64. The largest absolute Gasteiger partial charge is 0.383 e. The van der Waals surface area contributed by atoms with Crippen molar-refractivity contribution in [3.63, 3.8) is 0 Å². The summed E-state index contributed by atoms with van der Waals surface area (Å²) in [6.45, 7) is 0.540. The number of nitriles is 1.